The Balaban J connectivity index is 2.32. The van der Waals surface area contributed by atoms with Crippen LogP contribution in [0.25, 0.3) is 0 Å². The quantitative estimate of drug-likeness (QED) is 0.939. The molecule has 2 aromatic rings. The van der Waals surface area contributed by atoms with E-state index < -0.39 is 5.97 Å². The van der Waals surface area contributed by atoms with Crippen LogP contribution in [0.5, 0.6) is 0 Å². The van der Waals surface area contributed by atoms with Crippen molar-refractivity contribution in [1.29, 1.82) is 0 Å². The lowest BCUT2D eigenvalue weighted by Gasteiger charge is -2.17. The molecule has 0 saturated heterocycles. The number of aromatic nitrogens is 1. The Kier molecular flexibility index (Phi) is 4.14. The number of carboxylic acids is 1. The van der Waals surface area contributed by atoms with Crippen LogP contribution in [0.4, 0.5) is 5.13 Å². The average molecular weight is 290 g/mol. The summed E-state index contributed by atoms with van der Waals surface area (Å²) in [7, 11) is 0. The van der Waals surface area contributed by atoms with Gasteiger partial charge in [0.05, 0.1) is 6.54 Å². The number of hydrogen-bond donors (Lipinski definition) is 1. The zero-order valence-electron chi connectivity index (χ0n) is 11.2. The summed E-state index contributed by atoms with van der Waals surface area (Å²) in [6, 6.07) is 9.51. The number of aromatic carboxylic acids is 1. The van der Waals surface area contributed by atoms with E-state index in [0.717, 1.165) is 5.56 Å². The third kappa shape index (κ3) is 3.03. The molecular formula is C14H14N2O3S. The van der Waals surface area contributed by atoms with Gasteiger partial charge in [-0.3, -0.25) is 9.69 Å². The van der Waals surface area contributed by atoms with E-state index in [1.807, 2.05) is 30.3 Å². The molecule has 1 aromatic heterocycles. The molecule has 0 aliphatic heterocycles. The maximum Gasteiger partial charge on any atom is 0.355 e. The molecule has 0 aliphatic rings. The first-order chi connectivity index (χ1) is 9.49. The van der Waals surface area contributed by atoms with Gasteiger partial charge in [0.15, 0.2) is 10.8 Å². The maximum absolute atomic E-state index is 11.8. The molecule has 0 unspecified atom stereocenters. The molecule has 104 valence electrons. The van der Waals surface area contributed by atoms with E-state index >= 15 is 0 Å². The molecule has 5 nitrogen and oxygen atoms in total. The van der Waals surface area contributed by atoms with Crippen LogP contribution in [-0.4, -0.2) is 22.0 Å². The third-order valence-corrected chi connectivity index (χ3v) is 3.78. The van der Waals surface area contributed by atoms with Crippen LogP contribution in [0.2, 0.25) is 0 Å². The second kappa shape index (κ2) is 5.83. The Morgan fingerprint density at radius 3 is 2.45 bits per heavy atom. The van der Waals surface area contributed by atoms with Crippen molar-refractivity contribution >= 4 is 28.3 Å². The Bertz CT molecular complexity index is 637. The molecule has 0 radical (unpaired) electrons. The van der Waals surface area contributed by atoms with E-state index in [0.29, 0.717) is 16.6 Å². The lowest BCUT2D eigenvalue weighted by atomic mass is 10.2. The van der Waals surface area contributed by atoms with Gasteiger partial charge in [-0.25, -0.2) is 9.78 Å². The minimum absolute atomic E-state index is 0.00399. The summed E-state index contributed by atoms with van der Waals surface area (Å²) < 4.78 is 0. The third-order valence-electron chi connectivity index (χ3n) is 2.78. The Hall–Kier alpha value is -2.21. The van der Waals surface area contributed by atoms with Gasteiger partial charge < -0.3 is 5.11 Å². The molecule has 0 spiro atoms. The molecule has 1 N–H and O–H groups in total. The van der Waals surface area contributed by atoms with Gasteiger partial charge in [-0.05, 0) is 12.5 Å². The SMILES string of the molecule is CC(=O)N(Cc1ccccc1)c1nc(C(=O)O)c(C)s1. The molecular weight excluding hydrogens is 276 g/mol. The number of anilines is 1. The van der Waals surface area contributed by atoms with Crippen molar-refractivity contribution in [2.45, 2.75) is 20.4 Å². The van der Waals surface area contributed by atoms with Crippen LogP contribution >= 0.6 is 11.3 Å². The summed E-state index contributed by atoms with van der Waals surface area (Å²) >= 11 is 1.21. The van der Waals surface area contributed by atoms with Gasteiger partial charge in [-0.2, -0.15) is 0 Å². The van der Waals surface area contributed by atoms with Gasteiger partial charge in [0.1, 0.15) is 0 Å². The standard InChI is InChI=1S/C14H14N2O3S/c1-9-12(13(18)19)15-14(20-9)16(10(2)17)8-11-6-4-3-5-7-11/h3-7H,8H2,1-2H3,(H,18,19). The average Bonchev–Trinajstić information content (AvgIpc) is 2.79. The predicted molar refractivity (Wildman–Crippen MR) is 77.1 cm³/mol. The normalized spacial score (nSPS) is 10.3. The monoisotopic (exact) mass is 290 g/mol. The number of carbonyl (C=O) groups excluding carboxylic acids is 1. The molecule has 6 heteroatoms. The van der Waals surface area contributed by atoms with Gasteiger partial charge in [0.25, 0.3) is 0 Å². The topological polar surface area (TPSA) is 70.5 Å². The lowest BCUT2D eigenvalue weighted by molar-refractivity contribution is -0.116. The van der Waals surface area contributed by atoms with Crippen LogP contribution < -0.4 is 4.90 Å². The van der Waals surface area contributed by atoms with Crippen molar-refractivity contribution in [3.8, 4) is 0 Å². The van der Waals surface area contributed by atoms with Crippen LogP contribution in [0.1, 0.15) is 27.9 Å². The van der Waals surface area contributed by atoms with Crippen LogP contribution in [0.3, 0.4) is 0 Å². The molecule has 1 heterocycles. The Morgan fingerprint density at radius 2 is 1.95 bits per heavy atom. The fourth-order valence-corrected chi connectivity index (χ4v) is 2.72. The van der Waals surface area contributed by atoms with Gasteiger partial charge in [-0.1, -0.05) is 30.3 Å². The summed E-state index contributed by atoms with van der Waals surface area (Å²) in [5.41, 5.74) is 0.969. The first kappa shape index (κ1) is 14.2. The molecule has 20 heavy (non-hydrogen) atoms. The summed E-state index contributed by atoms with van der Waals surface area (Å²) in [6.45, 7) is 3.51. The van der Waals surface area contributed by atoms with Crippen molar-refractivity contribution in [3.05, 3.63) is 46.5 Å². The lowest BCUT2D eigenvalue weighted by Crippen LogP contribution is -2.27. The second-order valence-corrected chi connectivity index (χ2v) is 5.48. The first-order valence-corrected chi connectivity index (χ1v) is 6.83. The fourth-order valence-electron chi connectivity index (χ4n) is 1.78. The molecule has 0 fully saturated rings. The molecule has 0 aliphatic carbocycles. The minimum atomic E-state index is -1.08. The van der Waals surface area contributed by atoms with Crippen LogP contribution in [-0.2, 0) is 11.3 Å². The number of nitrogens with zero attached hydrogens (tertiary/aromatic N) is 2. The molecule has 0 saturated carbocycles. The van der Waals surface area contributed by atoms with E-state index in [1.54, 1.807) is 6.92 Å². The van der Waals surface area contributed by atoms with Crippen molar-refractivity contribution in [1.82, 2.24) is 4.98 Å². The van der Waals surface area contributed by atoms with Crippen molar-refractivity contribution in [2.24, 2.45) is 0 Å². The zero-order chi connectivity index (χ0) is 14.7. The smallest absolute Gasteiger partial charge is 0.355 e. The van der Waals surface area contributed by atoms with E-state index in [1.165, 1.54) is 23.2 Å². The molecule has 1 aromatic carbocycles. The van der Waals surface area contributed by atoms with E-state index in [2.05, 4.69) is 4.98 Å². The zero-order valence-corrected chi connectivity index (χ0v) is 12.0. The number of hydrogen-bond acceptors (Lipinski definition) is 4. The number of thiazole rings is 1. The highest BCUT2D eigenvalue weighted by Crippen LogP contribution is 2.27. The Labute approximate surface area is 120 Å². The summed E-state index contributed by atoms with van der Waals surface area (Å²) in [5, 5.41) is 9.44. The summed E-state index contributed by atoms with van der Waals surface area (Å²) in [5.74, 6) is -1.24. The minimum Gasteiger partial charge on any atom is -0.476 e. The number of rotatable bonds is 4. The molecule has 0 bridgehead atoms. The summed E-state index contributed by atoms with van der Waals surface area (Å²) in [4.78, 5) is 28.9. The number of benzene rings is 1. The van der Waals surface area contributed by atoms with E-state index in [9.17, 15) is 9.59 Å². The van der Waals surface area contributed by atoms with Crippen molar-refractivity contribution in [2.75, 3.05) is 4.90 Å². The summed E-state index contributed by atoms with van der Waals surface area (Å²) in [6.07, 6.45) is 0. The van der Waals surface area contributed by atoms with Crippen LogP contribution in [0, 0.1) is 6.92 Å². The Morgan fingerprint density at radius 1 is 1.30 bits per heavy atom. The van der Waals surface area contributed by atoms with Crippen molar-refractivity contribution in [3.63, 3.8) is 0 Å². The number of carboxylic acid groups (broad SMARTS) is 1. The highest BCUT2D eigenvalue weighted by molar-refractivity contribution is 7.16. The number of aryl methyl sites for hydroxylation is 1. The van der Waals surface area contributed by atoms with Gasteiger partial charge in [0, 0.05) is 11.8 Å². The maximum atomic E-state index is 11.8. The number of carbonyl (C=O) groups is 2. The molecule has 2 rings (SSSR count). The molecule has 0 atom stereocenters. The fraction of sp³-hybridized carbons (Fsp3) is 0.214. The van der Waals surface area contributed by atoms with Gasteiger partial charge >= 0.3 is 5.97 Å². The van der Waals surface area contributed by atoms with E-state index in [-0.39, 0.29) is 11.6 Å². The van der Waals surface area contributed by atoms with Gasteiger partial charge in [0.2, 0.25) is 5.91 Å². The molecule has 1 amide bonds. The number of amides is 1. The van der Waals surface area contributed by atoms with Crippen LogP contribution in [0.15, 0.2) is 30.3 Å². The van der Waals surface area contributed by atoms with E-state index in [4.69, 9.17) is 5.11 Å². The predicted octanol–water partition coefficient (Wildman–Crippen LogP) is 2.70. The highest BCUT2D eigenvalue weighted by Gasteiger charge is 2.20. The van der Waals surface area contributed by atoms with Crippen molar-refractivity contribution < 1.29 is 14.7 Å². The highest BCUT2D eigenvalue weighted by atomic mass is 32.1. The first-order valence-electron chi connectivity index (χ1n) is 6.01. The largest absolute Gasteiger partial charge is 0.476 e. The van der Waals surface area contributed by atoms with Gasteiger partial charge in [-0.15, -0.1) is 11.3 Å². The second-order valence-electron chi connectivity index (χ2n) is 4.30.